The molecule has 0 fully saturated rings. The molecule has 3 rings (SSSR count). The molecular formula is C24H23NO3. The Kier molecular flexibility index (Phi) is 6.99. The molecule has 0 atom stereocenters. The molecule has 0 heterocycles. The van der Waals surface area contributed by atoms with Crippen LogP contribution in [0.2, 0.25) is 0 Å². The van der Waals surface area contributed by atoms with Gasteiger partial charge in [-0.25, -0.2) is 0 Å². The summed E-state index contributed by atoms with van der Waals surface area (Å²) in [4.78, 5) is 12.3. The number of benzene rings is 3. The van der Waals surface area contributed by atoms with Gasteiger partial charge < -0.3 is 15.2 Å². The fraction of sp³-hybridized carbons (Fsp3) is 0.125. The van der Waals surface area contributed by atoms with Crippen molar-refractivity contribution in [3.8, 4) is 5.75 Å². The molecule has 0 aromatic heterocycles. The lowest BCUT2D eigenvalue weighted by Crippen LogP contribution is -2.26. The van der Waals surface area contributed by atoms with Crippen molar-refractivity contribution in [2.24, 2.45) is 0 Å². The molecule has 3 aromatic rings. The Bertz CT molecular complexity index is 935. The minimum atomic E-state index is -0.206. The molecule has 0 saturated carbocycles. The first-order valence-electron chi connectivity index (χ1n) is 9.20. The summed E-state index contributed by atoms with van der Waals surface area (Å²) in [6.45, 7) is 0.634. The van der Waals surface area contributed by atoms with Crippen molar-refractivity contribution in [3.05, 3.63) is 101 Å². The van der Waals surface area contributed by atoms with Crippen molar-refractivity contribution < 1.29 is 14.6 Å². The van der Waals surface area contributed by atoms with Gasteiger partial charge in [0.05, 0.1) is 6.61 Å². The summed E-state index contributed by atoms with van der Waals surface area (Å²) in [5.41, 5.74) is 3.40. The first-order valence-corrected chi connectivity index (χ1v) is 9.20. The Morgan fingerprint density at radius 3 is 2.29 bits per heavy atom. The normalized spacial score (nSPS) is 10.8. The van der Waals surface area contributed by atoms with Crippen LogP contribution in [0.1, 0.15) is 27.0 Å². The zero-order valence-corrected chi connectivity index (χ0v) is 15.5. The van der Waals surface area contributed by atoms with E-state index < -0.39 is 0 Å². The Morgan fingerprint density at radius 1 is 0.857 bits per heavy atom. The summed E-state index contributed by atoms with van der Waals surface area (Å²) in [7, 11) is 0. The van der Waals surface area contributed by atoms with Crippen LogP contribution in [-0.4, -0.2) is 24.2 Å². The molecule has 0 saturated heterocycles. The monoisotopic (exact) mass is 373 g/mol. The van der Waals surface area contributed by atoms with Crippen molar-refractivity contribution in [3.63, 3.8) is 0 Å². The molecule has 0 unspecified atom stereocenters. The lowest BCUT2D eigenvalue weighted by atomic mass is 10.0. The fourth-order valence-electron chi connectivity index (χ4n) is 2.78. The topological polar surface area (TPSA) is 58.6 Å². The average Bonchev–Trinajstić information content (AvgIpc) is 2.76. The predicted octanol–water partition coefficient (Wildman–Crippen LogP) is 4.16. The van der Waals surface area contributed by atoms with Crippen LogP contribution in [-0.2, 0) is 6.61 Å². The highest BCUT2D eigenvalue weighted by Gasteiger charge is 2.08. The maximum Gasteiger partial charge on any atom is 0.251 e. The van der Waals surface area contributed by atoms with Crippen LogP contribution in [0.15, 0.2) is 78.9 Å². The Labute approximate surface area is 165 Å². The van der Waals surface area contributed by atoms with E-state index in [2.05, 4.69) is 5.32 Å². The summed E-state index contributed by atoms with van der Waals surface area (Å²) < 4.78 is 5.98. The molecule has 0 radical (unpaired) electrons. The molecule has 0 aliphatic heterocycles. The number of hydrogen-bond acceptors (Lipinski definition) is 3. The number of aliphatic hydroxyl groups excluding tert-OH is 1. The van der Waals surface area contributed by atoms with E-state index in [-0.39, 0.29) is 19.1 Å². The van der Waals surface area contributed by atoms with E-state index in [0.717, 1.165) is 22.4 Å². The van der Waals surface area contributed by atoms with Gasteiger partial charge in [-0.15, -0.1) is 0 Å². The third-order valence-corrected chi connectivity index (χ3v) is 4.20. The number of carbonyl (C=O) groups is 1. The molecule has 28 heavy (non-hydrogen) atoms. The first-order chi connectivity index (χ1) is 13.8. The molecule has 4 heteroatoms. The Morgan fingerprint density at radius 2 is 1.50 bits per heavy atom. The fourth-order valence-corrected chi connectivity index (χ4v) is 2.78. The minimum absolute atomic E-state index is 0.0874. The standard InChI is InChI=1S/C24H23NO3/c26-17-16-25-24(27)22-12-6-4-10-20(22)14-15-21-11-5-7-13-23(21)28-18-19-8-2-1-3-9-19/h1-15,26H,16-18H2,(H,25,27). The number of aliphatic hydroxyl groups is 1. The number of rotatable bonds is 8. The van der Waals surface area contributed by atoms with Crippen LogP contribution in [0.4, 0.5) is 0 Å². The summed E-state index contributed by atoms with van der Waals surface area (Å²) in [5, 5.41) is 11.6. The molecule has 4 nitrogen and oxygen atoms in total. The van der Waals surface area contributed by atoms with Crippen molar-refractivity contribution in [2.45, 2.75) is 6.61 Å². The highest BCUT2D eigenvalue weighted by Crippen LogP contribution is 2.22. The van der Waals surface area contributed by atoms with Gasteiger partial charge in [0.15, 0.2) is 0 Å². The highest BCUT2D eigenvalue weighted by molar-refractivity contribution is 5.98. The Balaban J connectivity index is 1.77. The van der Waals surface area contributed by atoms with Crippen molar-refractivity contribution in [1.29, 1.82) is 0 Å². The van der Waals surface area contributed by atoms with E-state index in [9.17, 15) is 4.79 Å². The van der Waals surface area contributed by atoms with Crippen LogP contribution in [0.3, 0.4) is 0 Å². The van der Waals surface area contributed by atoms with Gasteiger partial charge in [-0.05, 0) is 23.3 Å². The lowest BCUT2D eigenvalue weighted by molar-refractivity contribution is 0.0944. The van der Waals surface area contributed by atoms with Crippen LogP contribution in [0.5, 0.6) is 5.75 Å². The largest absolute Gasteiger partial charge is 0.488 e. The maximum absolute atomic E-state index is 12.3. The van der Waals surface area contributed by atoms with E-state index >= 15 is 0 Å². The second kappa shape index (κ2) is 10.1. The number of nitrogens with one attached hydrogen (secondary N) is 1. The molecule has 3 aromatic carbocycles. The van der Waals surface area contributed by atoms with Gasteiger partial charge in [0.2, 0.25) is 0 Å². The second-order valence-corrected chi connectivity index (χ2v) is 6.21. The number of para-hydroxylation sites is 1. The third-order valence-electron chi connectivity index (χ3n) is 4.20. The lowest BCUT2D eigenvalue weighted by Gasteiger charge is -2.10. The van der Waals surface area contributed by atoms with Crippen LogP contribution < -0.4 is 10.1 Å². The first kappa shape index (κ1) is 19.4. The number of amides is 1. The summed E-state index contributed by atoms with van der Waals surface area (Å²) in [6, 6.07) is 25.2. The zero-order chi connectivity index (χ0) is 19.6. The maximum atomic E-state index is 12.3. The molecule has 142 valence electrons. The molecule has 0 spiro atoms. The number of carbonyl (C=O) groups excluding carboxylic acids is 1. The summed E-state index contributed by atoms with van der Waals surface area (Å²) >= 11 is 0. The molecule has 0 bridgehead atoms. The average molecular weight is 373 g/mol. The van der Waals surface area contributed by atoms with E-state index in [4.69, 9.17) is 9.84 Å². The number of ether oxygens (including phenoxy) is 1. The number of hydrogen-bond donors (Lipinski definition) is 2. The van der Waals surface area contributed by atoms with E-state index in [1.54, 1.807) is 6.07 Å². The van der Waals surface area contributed by atoms with Gasteiger partial charge in [-0.1, -0.05) is 78.9 Å². The van der Waals surface area contributed by atoms with E-state index in [0.29, 0.717) is 12.2 Å². The quantitative estimate of drug-likeness (QED) is 0.583. The second-order valence-electron chi connectivity index (χ2n) is 6.21. The third kappa shape index (κ3) is 5.32. The van der Waals surface area contributed by atoms with Gasteiger partial charge in [-0.2, -0.15) is 0 Å². The van der Waals surface area contributed by atoms with Gasteiger partial charge in [0.1, 0.15) is 12.4 Å². The minimum Gasteiger partial charge on any atom is -0.488 e. The Hall–Kier alpha value is -3.37. The molecule has 0 aliphatic rings. The molecule has 0 aliphatic carbocycles. The van der Waals surface area contributed by atoms with Crippen molar-refractivity contribution in [1.82, 2.24) is 5.32 Å². The van der Waals surface area contributed by atoms with Crippen molar-refractivity contribution in [2.75, 3.05) is 13.2 Å². The summed E-state index contributed by atoms with van der Waals surface area (Å²) in [6.07, 6.45) is 3.84. The van der Waals surface area contributed by atoms with Gasteiger partial charge in [0, 0.05) is 17.7 Å². The van der Waals surface area contributed by atoms with Crippen LogP contribution in [0.25, 0.3) is 12.2 Å². The highest BCUT2D eigenvalue weighted by atomic mass is 16.5. The summed E-state index contributed by atoms with van der Waals surface area (Å²) in [5.74, 6) is 0.577. The smallest absolute Gasteiger partial charge is 0.251 e. The van der Waals surface area contributed by atoms with Crippen molar-refractivity contribution >= 4 is 18.1 Å². The van der Waals surface area contributed by atoms with Crippen LogP contribution >= 0.6 is 0 Å². The zero-order valence-electron chi connectivity index (χ0n) is 15.5. The molecule has 1 amide bonds. The van der Waals surface area contributed by atoms with Gasteiger partial charge in [0.25, 0.3) is 5.91 Å². The SMILES string of the molecule is O=C(NCCO)c1ccccc1C=Cc1ccccc1OCc1ccccc1. The van der Waals surface area contributed by atoms with Gasteiger partial charge >= 0.3 is 0 Å². The molecule has 2 N–H and O–H groups in total. The predicted molar refractivity (Wildman–Crippen MR) is 112 cm³/mol. The molecular weight excluding hydrogens is 350 g/mol. The van der Waals surface area contributed by atoms with E-state index in [1.165, 1.54) is 0 Å². The van der Waals surface area contributed by atoms with Crippen LogP contribution in [0, 0.1) is 0 Å². The van der Waals surface area contributed by atoms with E-state index in [1.807, 2.05) is 84.9 Å². The van der Waals surface area contributed by atoms with Gasteiger partial charge in [-0.3, -0.25) is 4.79 Å².